The van der Waals surface area contributed by atoms with E-state index in [4.69, 9.17) is 11.6 Å². The fraction of sp³-hybridized carbons (Fsp3) is 0.400. The third-order valence-electron chi connectivity index (χ3n) is 3.44. The molecule has 1 heterocycles. The van der Waals surface area contributed by atoms with Gasteiger partial charge in [-0.25, -0.2) is 0 Å². The van der Waals surface area contributed by atoms with Gasteiger partial charge in [-0.05, 0) is 25.5 Å². The van der Waals surface area contributed by atoms with Gasteiger partial charge in [-0.2, -0.15) is 5.10 Å². The number of alkyl halides is 1. The van der Waals surface area contributed by atoms with Gasteiger partial charge in [-0.15, -0.1) is 11.6 Å². The molecule has 0 spiro atoms. The van der Waals surface area contributed by atoms with Gasteiger partial charge in [0.2, 0.25) is 0 Å². The number of nitrogens with zero attached hydrogens (tertiary/aromatic N) is 2. The fourth-order valence-electron chi connectivity index (χ4n) is 2.15. The van der Waals surface area contributed by atoms with Crippen LogP contribution in [0.3, 0.4) is 0 Å². The van der Waals surface area contributed by atoms with Crippen molar-refractivity contribution in [1.29, 1.82) is 0 Å². The number of benzene rings is 1. The minimum absolute atomic E-state index is 0.235. The molecule has 0 bridgehead atoms. The average Bonchev–Trinajstić information content (AvgIpc) is 2.75. The molecule has 0 aliphatic rings. The largest absolute Gasteiger partial charge is 0.301 e. The van der Waals surface area contributed by atoms with E-state index in [-0.39, 0.29) is 5.54 Å². The Kier molecular flexibility index (Phi) is 4.27. The van der Waals surface area contributed by atoms with Crippen molar-refractivity contribution in [3.05, 3.63) is 53.3 Å². The lowest BCUT2D eigenvalue weighted by Gasteiger charge is -2.29. The van der Waals surface area contributed by atoms with Crippen LogP contribution in [0.4, 0.5) is 0 Å². The first kappa shape index (κ1) is 14.1. The summed E-state index contributed by atoms with van der Waals surface area (Å²) < 4.78 is 1.90. The highest BCUT2D eigenvalue weighted by Gasteiger charge is 2.25. The summed E-state index contributed by atoms with van der Waals surface area (Å²) in [6.07, 6.45) is 0. The third kappa shape index (κ3) is 3.17. The molecule has 0 amide bonds. The van der Waals surface area contributed by atoms with Gasteiger partial charge in [0.1, 0.15) is 0 Å². The third-order valence-corrected chi connectivity index (χ3v) is 3.97. The number of hydrogen-bond donors (Lipinski definition) is 1. The summed E-state index contributed by atoms with van der Waals surface area (Å²) in [5.41, 5.74) is 3.15. The predicted molar refractivity (Wildman–Crippen MR) is 79.3 cm³/mol. The maximum Gasteiger partial charge on any atom is 0.0597 e. The van der Waals surface area contributed by atoms with E-state index in [1.165, 1.54) is 5.56 Å². The molecule has 2 aromatic rings. The SMILES string of the molecule is Cc1cc(CNC(C)(CCl)c2ccccc2)n(C)n1. The molecule has 19 heavy (non-hydrogen) atoms. The van der Waals surface area contributed by atoms with Gasteiger partial charge in [-0.1, -0.05) is 30.3 Å². The lowest BCUT2D eigenvalue weighted by Crippen LogP contribution is -2.41. The van der Waals surface area contributed by atoms with Gasteiger partial charge in [0.15, 0.2) is 0 Å². The van der Waals surface area contributed by atoms with Crippen molar-refractivity contribution in [3.63, 3.8) is 0 Å². The van der Waals surface area contributed by atoms with Crippen molar-refractivity contribution in [2.75, 3.05) is 5.88 Å². The Hall–Kier alpha value is -1.32. The Labute approximate surface area is 119 Å². The molecule has 4 heteroatoms. The van der Waals surface area contributed by atoms with E-state index in [1.54, 1.807) is 0 Å². The number of halogens is 1. The maximum absolute atomic E-state index is 6.17. The quantitative estimate of drug-likeness (QED) is 0.852. The first-order valence-electron chi connectivity index (χ1n) is 6.41. The van der Waals surface area contributed by atoms with Gasteiger partial charge in [0.25, 0.3) is 0 Å². The van der Waals surface area contributed by atoms with Crippen LogP contribution in [0.2, 0.25) is 0 Å². The zero-order valence-corrected chi connectivity index (χ0v) is 12.4. The average molecular weight is 278 g/mol. The molecule has 2 rings (SSSR count). The zero-order chi connectivity index (χ0) is 13.9. The molecule has 3 nitrogen and oxygen atoms in total. The Balaban J connectivity index is 2.13. The topological polar surface area (TPSA) is 29.9 Å². The standard InChI is InChI=1S/C15H20ClN3/c1-12-9-14(19(3)18-12)10-17-15(2,11-16)13-7-5-4-6-8-13/h4-9,17H,10-11H2,1-3H3. The summed E-state index contributed by atoms with van der Waals surface area (Å²) in [5, 5.41) is 7.89. The van der Waals surface area contributed by atoms with Crippen LogP contribution in [0, 0.1) is 6.92 Å². The number of hydrogen-bond acceptors (Lipinski definition) is 2. The Morgan fingerprint density at radius 2 is 2.00 bits per heavy atom. The molecular formula is C15H20ClN3. The number of nitrogens with one attached hydrogen (secondary N) is 1. The van der Waals surface area contributed by atoms with Gasteiger partial charge in [-0.3, -0.25) is 4.68 Å². The summed E-state index contributed by atoms with van der Waals surface area (Å²) in [4.78, 5) is 0. The second kappa shape index (κ2) is 5.76. The summed E-state index contributed by atoms with van der Waals surface area (Å²) in [6, 6.07) is 12.4. The Bertz CT molecular complexity index is 536. The minimum Gasteiger partial charge on any atom is -0.301 e. The van der Waals surface area contributed by atoms with Crippen molar-refractivity contribution in [1.82, 2.24) is 15.1 Å². The molecule has 1 unspecified atom stereocenters. The second-order valence-corrected chi connectivity index (χ2v) is 5.35. The van der Waals surface area contributed by atoms with Crippen molar-refractivity contribution >= 4 is 11.6 Å². The van der Waals surface area contributed by atoms with Crippen LogP contribution in [0.25, 0.3) is 0 Å². The molecule has 0 saturated heterocycles. The molecular weight excluding hydrogens is 258 g/mol. The number of rotatable bonds is 5. The number of aryl methyl sites for hydroxylation is 2. The van der Waals surface area contributed by atoms with Crippen LogP contribution in [-0.2, 0) is 19.1 Å². The molecule has 1 aromatic heterocycles. The van der Waals surface area contributed by atoms with Crippen LogP contribution >= 0.6 is 11.6 Å². The first-order chi connectivity index (χ1) is 9.05. The number of aromatic nitrogens is 2. The summed E-state index contributed by atoms with van der Waals surface area (Å²) in [7, 11) is 1.96. The molecule has 1 N–H and O–H groups in total. The molecule has 1 atom stereocenters. The van der Waals surface area contributed by atoms with E-state index < -0.39 is 0 Å². The Morgan fingerprint density at radius 1 is 1.32 bits per heavy atom. The molecule has 0 radical (unpaired) electrons. The summed E-state index contributed by atoms with van der Waals surface area (Å²) in [5.74, 6) is 0.522. The van der Waals surface area contributed by atoms with Gasteiger partial charge < -0.3 is 5.32 Å². The smallest absolute Gasteiger partial charge is 0.0597 e. The van der Waals surface area contributed by atoms with E-state index in [0.29, 0.717) is 5.88 Å². The monoisotopic (exact) mass is 277 g/mol. The van der Waals surface area contributed by atoms with Crippen LogP contribution in [0.1, 0.15) is 23.9 Å². The highest BCUT2D eigenvalue weighted by atomic mass is 35.5. The van der Waals surface area contributed by atoms with Crippen molar-refractivity contribution in [2.45, 2.75) is 25.9 Å². The van der Waals surface area contributed by atoms with Crippen molar-refractivity contribution in [3.8, 4) is 0 Å². The van der Waals surface area contributed by atoms with E-state index in [1.807, 2.05) is 36.9 Å². The van der Waals surface area contributed by atoms with Crippen LogP contribution < -0.4 is 5.32 Å². The lowest BCUT2D eigenvalue weighted by molar-refractivity contribution is 0.399. The van der Waals surface area contributed by atoms with Gasteiger partial charge in [0.05, 0.1) is 16.9 Å². The minimum atomic E-state index is -0.235. The van der Waals surface area contributed by atoms with E-state index in [2.05, 4.69) is 35.5 Å². The normalized spacial score (nSPS) is 14.3. The molecule has 1 aromatic carbocycles. The molecule has 102 valence electrons. The van der Waals surface area contributed by atoms with Gasteiger partial charge >= 0.3 is 0 Å². The van der Waals surface area contributed by atoms with Crippen LogP contribution in [0.15, 0.2) is 36.4 Å². The van der Waals surface area contributed by atoms with Crippen LogP contribution in [-0.4, -0.2) is 15.7 Å². The van der Waals surface area contributed by atoms with E-state index in [0.717, 1.165) is 17.9 Å². The predicted octanol–water partition coefficient (Wildman–Crippen LogP) is 2.97. The Morgan fingerprint density at radius 3 is 2.53 bits per heavy atom. The summed E-state index contributed by atoms with van der Waals surface area (Å²) in [6.45, 7) is 4.87. The summed E-state index contributed by atoms with van der Waals surface area (Å²) >= 11 is 6.17. The van der Waals surface area contributed by atoms with E-state index in [9.17, 15) is 0 Å². The lowest BCUT2D eigenvalue weighted by atomic mass is 9.94. The highest BCUT2D eigenvalue weighted by Crippen LogP contribution is 2.22. The van der Waals surface area contributed by atoms with Gasteiger partial charge in [0, 0.05) is 19.5 Å². The highest BCUT2D eigenvalue weighted by molar-refractivity contribution is 6.18. The zero-order valence-electron chi connectivity index (χ0n) is 11.7. The fourth-order valence-corrected chi connectivity index (χ4v) is 2.40. The molecule has 0 fully saturated rings. The molecule has 0 aliphatic carbocycles. The van der Waals surface area contributed by atoms with Crippen molar-refractivity contribution in [2.24, 2.45) is 7.05 Å². The first-order valence-corrected chi connectivity index (χ1v) is 6.94. The maximum atomic E-state index is 6.17. The van der Waals surface area contributed by atoms with Crippen molar-refractivity contribution < 1.29 is 0 Å². The van der Waals surface area contributed by atoms with E-state index >= 15 is 0 Å². The second-order valence-electron chi connectivity index (χ2n) is 5.09. The van der Waals surface area contributed by atoms with Crippen LogP contribution in [0.5, 0.6) is 0 Å². The molecule has 0 saturated carbocycles. The molecule has 0 aliphatic heterocycles.